The minimum atomic E-state index is -0.585. The van der Waals surface area contributed by atoms with Crippen molar-refractivity contribution >= 4 is 41.1 Å². The van der Waals surface area contributed by atoms with Crippen molar-refractivity contribution in [1.82, 2.24) is 15.0 Å². The SMILES string of the molecule is C=c1[nH]c(=O)[nH]c(=O)/c1=C\c1ccc(N(C)Cc2ccc(N=Cc3c(O)c4ccccc4[nH]c3=O)cc2)cc1. The molecule has 5 aromatic rings. The number of aromatic amines is 3. The van der Waals surface area contributed by atoms with E-state index in [1.165, 1.54) is 6.21 Å². The number of nitrogens with one attached hydrogen (secondary N) is 3. The smallest absolute Gasteiger partial charge is 0.326 e. The Morgan fingerprint density at radius 3 is 2.33 bits per heavy atom. The lowest BCUT2D eigenvalue weighted by Crippen LogP contribution is -2.47. The summed E-state index contributed by atoms with van der Waals surface area (Å²) in [6, 6.07) is 22.3. The number of para-hydroxylation sites is 1. The largest absolute Gasteiger partial charge is 0.506 e. The Morgan fingerprint density at radius 2 is 1.62 bits per heavy atom. The second-order valence-corrected chi connectivity index (χ2v) is 9.08. The predicted molar refractivity (Wildman–Crippen MR) is 155 cm³/mol. The number of fused-ring (bicyclic) bond motifs is 1. The standard InChI is InChI=1S/C30H25N5O4/c1-18-24(28(37)34-30(39)32-18)15-19-9-13-22(14-10-19)35(2)17-20-7-11-21(12-8-20)31-16-25-27(36)23-5-3-4-6-26(23)33-29(25)38/h3-16H,1,17H2,2H3,(H2,33,36,38)(H2,32,34,37,39)/b24-15-,31-16?. The van der Waals surface area contributed by atoms with E-state index >= 15 is 0 Å². The number of pyridine rings is 1. The molecule has 0 radical (unpaired) electrons. The molecule has 0 spiro atoms. The quantitative estimate of drug-likeness (QED) is 0.255. The minimum Gasteiger partial charge on any atom is -0.506 e. The maximum atomic E-state index is 12.4. The first-order valence-corrected chi connectivity index (χ1v) is 12.1. The fourth-order valence-corrected chi connectivity index (χ4v) is 4.24. The Bertz CT molecular complexity index is 1950. The van der Waals surface area contributed by atoms with E-state index in [9.17, 15) is 19.5 Å². The number of hydrogen-bond acceptors (Lipinski definition) is 6. The first-order valence-electron chi connectivity index (χ1n) is 12.1. The summed E-state index contributed by atoms with van der Waals surface area (Å²) in [5, 5.41) is 11.7. The van der Waals surface area contributed by atoms with Crippen molar-refractivity contribution in [2.45, 2.75) is 6.54 Å². The zero-order valence-electron chi connectivity index (χ0n) is 21.1. The molecule has 39 heavy (non-hydrogen) atoms. The van der Waals surface area contributed by atoms with E-state index in [4.69, 9.17) is 0 Å². The normalized spacial score (nSPS) is 11.9. The molecule has 194 valence electrons. The van der Waals surface area contributed by atoms with E-state index in [1.54, 1.807) is 30.3 Å². The molecule has 0 atom stereocenters. The summed E-state index contributed by atoms with van der Waals surface area (Å²) in [6.45, 7) is 4.37. The number of aromatic nitrogens is 3. The number of rotatable bonds is 6. The van der Waals surface area contributed by atoms with Gasteiger partial charge in [0.25, 0.3) is 11.1 Å². The van der Waals surface area contributed by atoms with Crippen LogP contribution in [0.4, 0.5) is 11.4 Å². The second-order valence-electron chi connectivity index (χ2n) is 9.08. The highest BCUT2D eigenvalue weighted by Crippen LogP contribution is 2.24. The Hall–Kier alpha value is -5.44. The van der Waals surface area contributed by atoms with Crippen LogP contribution < -0.4 is 32.3 Å². The van der Waals surface area contributed by atoms with Crippen LogP contribution in [0.3, 0.4) is 0 Å². The summed E-state index contributed by atoms with van der Waals surface area (Å²) < 4.78 is 0. The van der Waals surface area contributed by atoms with Crippen molar-refractivity contribution in [3.8, 4) is 5.75 Å². The molecule has 0 bridgehead atoms. The highest BCUT2D eigenvalue weighted by molar-refractivity contribution is 5.95. The number of benzene rings is 3. The summed E-state index contributed by atoms with van der Waals surface area (Å²) >= 11 is 0. The second kappa shape index (κ2) is 10.5. The van der Waals surface area contributed by atoms with Gasteiger partial charge in [-0.25, -0.2) is 4.79 Å². The Balaban J connectivity index is 1.28. The van der Waals surface area contributed by atoms with E-state index in [0.717, 1.165) is 16.8 Å². The molecule has 2 heterocycles. The molecule has 0 unspecified atom stereocenters. The van der Waals surface area contributed by atoms with Crippen molar-refractivity contribution in [3.05, 3.63) is 131 Å². The average Bonchev–Trinajstić information content (AvgIpc) is 2.92. The minimum absolute atomic E-state index is 0.0998. The molecule has 0 aliphatic carbocycles. The lowest BCUT2D eigenvalue weighted by molar-refractivity contribution is 0.479. The van der Waals surface area contributed by atoms with Gasteiger partial charge in [-0.1, -0.05) is 43.0 Å². The van der Waals surface area contributed by atoms with E-state index in [1.807, 2.05) is 55.6 Å². The molecule has 0 aliphatic rings. The molecule has 0 amide bonds. The van der Waals surface area contributed by atoms with Crippen LogP contribution >= 0.6 is 0 Å². The van der Waals surface area contributed by atoms with Gasteiger partial charge in [0.15, 0.2) is 0 Å². The monoisotopic (exact) mass is 519 g/mol. The molecule has 3 aromatic carbocycles. The van der Waals surface area contributed by atoms with Crippen LogP contribution in [0.2, 0.25) is 0 Å². The zero-order valence-corrected chi connectivity index (χ0v) is 21.1. The zero-order chi connectivity index (χ0) is 27.5. The Labute approximate surface area is 221 Å². The summed E-state index contributed by atoms with van der Waals surface area (Å²) in [7, 11) is 1.97. The first-order chi connectivity index (χ1) is 18.8. The maximum absolute atomic E-state index is 12.4. The molecule has 4 N–H and O–H groups in total. The number of nitrogens with zero attached hydrogens (tertiary/aromatic N) is 2. The average molecular weight is 520 g/mol. The molecule has 0 aliphatic heterocycles. The maximum Gasteiger partial charge on any atom is 0.326 e. The molecule has 5 rings (SSSR count). The van der Waals surface area contributed by atoms with Crippen molar-refractivity contribution in [2.24, 2.45) is 4.99 Å². The first kappa shape index (κ1) is 25.2. The summed E-state index contributed by atoms with van der Waals surface area (Å²) in [5.74, 6) is -0.0998. The highest BCUT2D eigenvalue weighted by atomic mass is 16.3. The lowest BCUT2D eigenvalue weighted by Gasteiger charge is -2.19. The number of aromatic hydroxyl groups is 1. The van der Waals surface area contributed by atoms with Gasteiger partial charge in [0.1, 0.15) is 11.3 Å². The van der Waals surface area contributed by atoms with Gasteiger partial charge >= 0.3 is 5.69 Å². The number of anilines is 1. The van der Waals surface area contributed by atoms with E-state index < -0.39 is 16.8 Å². The van der Waals surface area contributed by atoms with Crippen LogP contribution in [0.15, 0.2) is 92.2 Å². The number of hydrogen-bond donors (Lipinski definition) is 4. The van der Waals surface area contributed by atoms with Gasteiger partial charge in [-0.05, 0) is 53.6 Å². The van der Waals surface area contributed by atoms with Crippen LogP contribution in [0.1, 0.15) is 16.7 Å². The van der Waals surface area contributed by atoms with Crippen LogP contribution in [0, 0.1) is 0 Å². The molecule has 9 nitrogen and oxygen atoms in total. The van der Waals surface area contributed by atoms with E-state index in [2.05, 4.69) is 31.4 Å². The third kappa shape index (κ3) is 5.47. The fraction of sp³-hybridized carbons (Fsp3) is 0.0667. The van der Waals surface area contributed by atoms with Gasteiger partial charge in [0.05, 0.1) is 16.4 Å². The van der Waals surface area contributed by atoms with Crippen LogP contribution in [0.5, 0.6) is 5.75 Å². The van der Waals surface area contributed by atoms with Gasteiger partial charge in [-0.15, -0.1) is 0 Å². The summed E-state index contributed by atoms with van der Waals surface area (Å²) in [5.41, 5.74) is 2.67. The van der Waals surface area contributed by atoms with E-state index in [-0.39, 0.29) is 16.7 Å². The van der Waals surface area contributed by atoms with Crippen LogP contribution in [-0.2, 0) is 6.54 Å². The van der Waals surface area contributed by atoms with Gasteiger partial charge in [0.2, 0.25) is 0 Å². The van der Waals surface area contributed by atoms with E-state index in [0.29, 0.717) is 28.4 Å². The topological polar surface area (TPSA) is 134 Å². The van der Waals surface area contributed by atoms with Crippen LogP contribution in [0.25, 0.3) is 23.6 Å². The molecule has 0 fully saturated rings. The third-order valence-corrected chi connectivity index (χ3v) is 6.34. The molecular weight excluding hydrogens is 494 g/mol. The number of H-pyrrole nitrogens is 3. The third-order valence-electron chi connectivity index (χ3n) is 6.34. The number of aliphatic imine (C=N–C) groups is 1. The van der Waals surface area contributed by atoms with Crippen molar-refractivity contribution < 1.29 is 5.11 Å². The Kier molecular flexibility index (Phi) is 6.79. The fourth-order valence-electron chi connectivity index (χ4n) is 4.24. The molecular formula is C30H25N5O4. The van der Waals surface area contributed by atoms with Gasteiger partial charge in [-0.3, -0.25) is 19.6 Å². The van der Waals surface area contributed by atoms with Crippen molar-refractivity contribution in [2.75, 3.05) is 11.9 Å². The lowest BCUT2D eigenvalue weighted by atomic mass is 10.1. The Morgan fingerprint density at radius 1 is 0.897 bits per heavy atom. The van der Waals surface area contributed by atoms with Gasteiger partial charge in [-0.2, -0.15) is 0 Å². The molecule has 2 aromatic heterocycles. The van der Waals surface area contributed by atoms with Gasteiger partial charge < -0.3 is 20.0 Å². The summed E-state index contributed by atoms with van der Waals surface area (Å²) in [4.78, 5) is 49.7. The van der Waals surface area contributed by atoms with Crippen LogP contribution in [-0.4, -0.2) is 33.3 Å². The van der Waals surface area contributed by atoms with Crippen molar-refractivity contribution in [1.29, 1.82) is 0 Å². The van der Waals surface area contributed by atoms with Gasteiger partial charge in [0, 0.05) is 36.2 Å². The highest BCUT2D eigenvalue weighted by Gasteiger charge is 2.09. The molecule has 0 saturated carbocycles. The predicted octanol–water partition coefficient (Wildman–Crippen LogP) is 2.24. The molecule has 0 saturated heterocycles. The van der Waals surface area contributed by atoms with Crippen molar-refractivity contribution in [3.63, 3.8) is 0 Å². The summed E-state index contributed by atoms with van der Waals surface area (Å²) in [6.07, 6.45) is 3.05. The molecule has 9 heteroatoms.